The van der Waals surface area contributed by atoms with E-state index in [0.717, 1.165) is 25.9 Å². The molecular weight excluding hydrogens is 480 g/mol. The van der Waals surface area contributed by atoms with Crippen LogP contribution in [0, 0.1) is 5.92 Å². The van der Waals surface area contributed by atoms with Gasteiger partial charge in [0.2, 0.25) is 21.8 Å². The molecule has 196 valence electrons. The first-order valence-corrected chi connectivity index (χ1v) is 14.3. The lowest BCUT2D eigenvalue weighted by molar-refractivity contribution is -0.135. The quantitative estimate of drug-likeness (QED) is 0.582. The zero-order chi connectivity index (χ0) is 25.7. The van der Waals surface area contributed by atoms with Crippen molar-refractivity contribution < 1.29 is 22.8 Å². The molecule has 3 amide bonds. The Kier molecular flexibility index (Phi) is 8.46. The standard InChI is InChI=1S/C26H36N4O5S/c1-2-24(31)27-22-6-5-16-30(19-13-22)36(34,35)23-9-7-20(8-10-23)25(32)29-17-11-21(12-18-29)26(33)28-14-3-4-15-28/h2,7-10,21-22H,1,3-6,11-19H2,(H,27,31). The van der Waals surface area contributed by atoms with Crippen LogP contribution in [0.15, 0.2) is 41.8 Å². The lowest BCUT2D eigenvalue weighted by Crippen LogP contribution is -2.43. The number of nitrogens with zero attached hydrogens (tertiary/aromatic N) is 3. The van der Waals surface area contributed by atoms with Gasteiger partial charge in [-0.15, -0.1) is 0 Å². The third kappa shape index (κ3) is 5.98. The average molecular weight is 517 g/mol. The molecule has 10 heteroatoms. The maximum absolute atomic E-state index is 13.2. The molecule has 0 bridgehead atoms. The van der Waals surface area contributed by atoms with Gasteiger partial charge in [0.1, 0.15) is 0 Å². The highest BCUT2D eigenvalue weighted by molar-refractivity contribution is 7.89. The molecule has 1 aromatic rings. The van der Waals surface area contributed by atoms with Crippen molar-refractivity contribution in [2.24, 2.45) is 5.92 Å². The van der Waals surface area contributed by atoms with Gasteiger partial charge < -0.3 is 15.1 Å². The second-order valence-corrected chi connectivity index (χ2v) is 11.8. The van der Waals surface area contributed by atoms with E-state index in [4.69, 9.17) is 0 Å². The van der Waals surface area contributed by atoms with Crippen LogP contribution in [0.3, 0.4) is 0 Å². The second-order valence-electron chi connectivity index (χ2n) is 9.87. The minimum atomic E-state index is -3.70. The molecule has 0 aromatic heterocycles. The number of carbonyl (C=O) groups is 3. The molecule has 4 rings (SSSR count). The van der Waals surface area contributed by atoms with Gasteiger partial charge in [0.05, 0.1) is 4.90 Å². The van der Waals surface area contributed by atoms with E-state index in [1.165, 1.54) is 22.5 Å². The van der Waals surface area contributed by atoms with Crippen molar-refractivity contribution in [2.45, 2.75) is 55.9 Å². The lowest BCUT2D eigenvalue weighted by Gasteiger charge is -2.33. The Morgan fingerprint density at radius 1 is 0.833 bits per heavy atom. The molecule has 3 fully saturated rings. The Balaban J connectivity index is 1.33. The fourth-order valence-corrected chi connectivity index (χ4v) is 6.83. The number of sulfonamides is 1. The summed E-state index contributed by atoms with van der Waals surface area (Å²) in [5.41, 5.74) is 0.446. The Labute approximate surface area is 213 Å². The smallest absolute Gasteiger partial charge is 0.253 e. The van der Waals surface area contributed by atoms with Crippen LogP contribution < -0.4 is 5.32 Å². The molecule has 0 radical (unpaired) electrons. The van der Waals surface area contributed by atoms with E-state index >= 15 is 0 Å². The number of nitrogens with one attached hydrogen (secondary N) is 1. The summed E-state index contributed by atoms with van der Waals surface area (Å²) in [5.74, 6) is -0.185. The number of rotatable bonds is 6. The van der Waals surface area contributed by atoms with Gasteiger partial charge in [0, 0.05) is 56.8 Å². The molecule has 1 unspecified atom stereocenters. The van der Waals surface area contributed by atoms with Crippen LogP contribution in [0.25, 0.3) is 0 Å². The van der Waals surface area contributed by atoms with Crippen LogP contribution in [0.5, 0.6) is 0 Å². The van der Waals surface area contributed by atoms with Crippen molar-refractivity contribution in [3.05, 3.63) is 42.5 Å². The second kappa shape index (κ2) is 11.6. The summed E-state index contributed by atoms with van der Waals surface area (Å²) in [7, 11) is -3.70. The average Bonchev–Trinajstić information content (AvgIpc) is 3.34. The van der Waals surface area contributed by atoms with Crippen LogP contribution >= 0.6 is 0 Å². The van der Waals surface area contributed by atoms with Crippen LogP contribution in [0.2, 0.25) is 0 Å². The minimum Gasteiger partial charge on any atom is -0.350 e. The Hall–Kier alpha value is -2.72. The summed E-state index contributed by atoms with van der Waals surface area (Å²) in [6.45, 7) is 6.90. The van der Waals surface area contributed by atoms with Crippen molar-refractivity contribution >= 4 is 27.7 Å². The molecule has 3 heterocycles. The van der Waals surface area contributed by atoms with Crippen LogP contribution in [0.4, 0.5) is 0 Å². The molecule has 0 spiro atoms. The van der Waals surface area contributed by atoms with Crippen molar-refractivity contribution in [1.82, 2.24) is 19.4 Å². The number of piperidine rings is 1. The molecule has 1 aromatic carbocycles. The fraction of sp³-hybridized carbons (Fsp3) is 0.577. The number of benzene rings is 1. The van der Waals surface area contributed by atoms with Crippen LogP contribution in [-0.4, -0.2) is 85.6 Å². The number of hydrogen-bond donors (Lipinski definition) is 1. The van der Waals surface area contributed by atoms with E-state index in [1.54, 1.807) is 17.0 Å². The normalized spacial score (nSPS) is 22.2. The van der Waals surface area contributed by atoms with E-state index in [1.807, 2.05) is 4.90 Å². The molecule has 0 saturated carbocycles. The number of amides is 3. The Morgan fingerprint density at radius 3 is 2.14 bits per heavy atom. The van der Waals surface area contributed by atoms with Gasteiger partial charge in [-0.3, -0.25) is 14.4 Å². The maximum Gasteiger partial charge on any atom is 0.253 e. The van der Waals surface area contributed by atoms with Gasteiger partial charge in [-0.25, -0.2) is 8.42 Å². The first-order chi connectivity index (χ1) is 17.3. The molecule has 3 aliphatic rings. The van der Waals surface area contributed by atoms with Gasteiger partial charge in [-0.1, -0.05) is 6.58 Å². The van der Waals surface area contributed by atoms with E-state index in [0.29, 0.717) is 63.8 Å². The Morgan fingerprint density at radius 2 is 1.50 bits per heavy atom. The van der Waals surface area contributed by atoms with Crippen molar-refractivity contribution in [1.29, 1.82) is 0 Å². The Bertz CT molecular complexity index is 1070. The fourth-order valence-electron chi connectivity index (χ4n) is 5.34. The number of likely N-dealkylation sites (tertiary alicyclic amines) is 2. The largest absolute Gasteiger partial charge is 0.350 e. The summed E-state index contributed by atoms with van der Waals surface area (Å²) in [4.78, 5) is 41.1. The van der Waals surface area contributed by atoms with Gasteiger partial charge >= 0.3 is 0 Å². The lowest BCUT2D eigenvalue weighted by atomic mass is 9.95. The highest BCUT2D eigenvalue weighted by Gasteiger charge is 2.32. The van der Waals surface area contributed by atoms with Crippen molar-refractivity contribution in [3.63, 3.8) is 0 Å². The highest BCUT2D eigenvalue weighted by Crippen LogP contribution is 2.25. The first-order valence-electron chi connectivity index (χ1n) is 12.9. The third-order valence-electron chi connectivity index (χ3n) is 7.51. The minimum absolute atomic E-state index is 0.0158. The van der Waals surface area contributed by atoms with Crippen molar-refractivity contribution in [2.75, 3.05) is 39.3 Å². The summed E-state index contributed by atoms with van der Waals surface area (Å²) in [6.07, 6.45) is 6.58. The molecule has 36 heavy (non-hydrogen) atoms. The van der Waals surface area contributed by atoms with E-state index in [2.05, 4.69) is 11.9 Å². The molecule has 1 N–H and O–H groups in total. The van der Waals surface area contributed by atoms with Gasteiger partial charge in [0.15, 0.2) is 0 Å². The molecule has 1 atom stereocenters. The van der Waals surface area contributed by atoms with Gasteiger partial charge in [-0.2, -0.15) is 4.31 Å². The van der Waals surface area contributed by atoms with Crippen LogP contribution in [0.1, 0.15) is 55.3 Å². The van der Waals surface area contributed by atoms with Gasteiger partial charge in [0.25, 0.3) is 5.91 Å². The third-order valence-corrected chi connectivity index (χ3v) is 9.42. The predicted molar refractivity (Wildman–Crippen MR) is 136 cm³/mol. The SMILES string of the molecule is C=CC(=O)NC1CCCN(S(=O)(=O)c2ccc(C(=O)N3CCC(C(=O)N4CCCC4)CC3)cc2)CC1. The zero-order valence-electron chi connectivity index (χ0n) is 20.7. The van der Waals surface area contributed by atoms with E-state index in [-0.39, 0.29) is 34.6 Å². The monoisotopic (exact) mass is 516 g/mol. The number of hydrogen-bond acceptors (Lipinski definition) is 5. The number of carbonyl (C=O) groups excluding carboxylic acids is 3. The summed E-state index contributed by atoms with van der Waals surface area (Å²) >= 11 is 0. The maximum atomic E-state index is 13.2. The summed E-state index contributed by atoms with van der Waals surface area (Å²) in [6, 6.07) is 6.05. The molecular formula is C26H36N4O5S. The zero-order valence-corrected chi connectivity index (χ0v) is 21.5. The van der Waals surface area contributed by atoms with Crippen LogP contribution in [-0.2, 0) is 19.6 Å². The predicted octanol–water partition coefficient (Wildman–Crippen LogP) is 2.01. The molecule has 9 nitrogen and oxygen atoms in total. The summed E-state index contributed by atoms with van der Waals surface area (Å²) in [5, 5.41) is 2.85. The molecule has 0 aliphatic carbocycles. The van der Waals surface area contributed by atoms with Crippen molar-refractivity contribution in [3.8, 4) is 0 Å². The van der Waals surface area contributed by atoms with E-state index < -0.39 is 10.0 Å². The highest BCUT2D eigenvalue weighted by atomic mass is 32.2. The van der Waals surface area contributed by atoms with E-state index in [9.17, 15) is 22.8 Å². The molecule has 3 aliphatic heterocycles. The topological polar surface area (TPSA) is 107 Å². The summed E-state index contributed by atoms with van der Waals surface area (Å²) < 4.78 is 27.9. The molecule has 3 saturated heterocycles. The van der Waals surface area contributed by atoms with Gasteiger partial charge in [-0.05, 0) is 75.3 Å². The first kappa shape index (κ1) is 26.3.